The van der Waals surface area contributed by atoms with Crippen LogP contribution in [0, 0.1) is 6.92 Å². The van der Waals surface area contributed by atoms with Gasteiger partial charge in [0.25, 0.3) is 0 Å². The first-order chi connectivity index (χ1) is 7.17. The maximum Gasteiger partial charge on any atom is 0.0822 e. The highest BCUT2D eigenvalue weighted by atomic mass is 16.4. The monoisotopic (exact) mass is 204 g/mol. The first-order valence-corrected chi connectivity index (χ1v) is 4.99. The van der Waals surface area contributed by atoms with Crippen LogP contribution in [0.2, 0.25) is 0 Å². The van der Waals surface area contributed by atoms with Crippen molar-refractivity contribution < 1.29 is 5.21 Å². The summed E-state index contributed by atoms with van der Waals surface area (Å²) in [4.78, 5) is 4.12. The Hall–Kier alpha value is -1.64. The van der Waals surface area contributed by atoms with Crippen molar-refractivity contribution in [3.63, 3.8) is 0 Å². The zero-order valence-corrected chi connectivity index (χ0v) is 9.36. The Labute approximate surface area is 90.2 Å². The quantitative estimate of drug-likeness (QED) is 0.467. The highest BCUT2D eigenvalue weighted by Crippen LogP contribution is 2.09. The molecule has 1 aromatic rings. The Morgan fingerprint density at radius 1 is 1.60 bits per heavy atom. The molecule has 0 amide bonds. The van der Waals surface area contributed by atoms with Gasteiger partial charge in [-0.1, -0.05) is 12.1 Å². The molecule has 3 heteroatoms. The maximum atomic E-state index is 8.76. The van der Waals surface area contributed by atoms with Crippen molar-refractivity contribution >= 4 is 11.8 Å². The van der Waals surface area contributed by atoms with E-state index in [1.807, 2.05) is 39.0 Å². The molecule has 80 valence electrons. The predicted molar refractivity (Wildman–Crippen MR) is 62.1 cm³/mol. The van der Waals surface area contributed by atoms with Crippen LogP contribution >= 0.6 is 0 Å². The molecule has 0 radical (unpaired) electrons. The summed E-state index contributed by atoms with van der Waals surface area (Å²) < 4.78 is 0. The summed E-state index contributed by atoms with van der Waals surface area (Å²) >= 11 is 0. The molecule has 0 spiro atoms. The molecule has 0 saturated heterocycles. The van der Waals surface area contributed by atoms with Crippen molar-refractivity contribution in [1.29, 1.82) is 0 Å². The van der Waals surface area contributed by atoms with Gasteiger partial charge in [-0.2, -0.15) is 0 Å². The molecule has 0 aliphatic rings. The predicted octanol–water partition coefficient (Wildman–Crippen LogP) is 3.03. The van der Waals surface area contributed by atoms with Crippen molar-refractivity contribution in [2.24, 2.45) is 5.16 Å². The van der Waals surface area contributed by atoms with Crippen LogP contribution in [0.25, 0.3) is 6.08 Å². The molecule has 1 N–H and O–H groups in total. The highest BCUT2D eigenvalue weighted by Gasteiger charge is 2.00. The second kappa shape index (κ2) is 5.29. The molecule has 15 heavy (non-hydrogen) atoms. The number of rotatable bonds is 3. The van der Waals surface area contributed by atoms with Crippen LogP contribution in [0.3, 0.4) is 0 Å². The molecule has 0 aliphatic carbocycles. The van der Waals surface area contributed by atoms with Crippen molar-refractivity contribution in [3.8, 4) is 0 Å². The molecule has 0 bridgehead atoms. The minimum absolute atomic E-state index is 0.712. The largest absolute Gasteiger partial charge is 0.411 e. The number of aromatic nitrogens is 1. The topological polar surface area (TPSA) is 45.5 Å². The molecule has 1 heterocycles. The van der Waals surface area contributed by atoms with E-state index < -0.39 is 0 Å². The number of oxime groups is 1. The first-order valence-electron chi connectivity index (χ1n) is 4.99. The van der Waals surface area contributed by atoms with Crippen molar-refractivity contribution in [1.82, 2.24) is 4.98 Å². The zero-order chi connectivity index (χ0) is 11.3. The standard InChI is InChI=1S/C12H16N2O/c1-4-12(14-15)9(2)7-11-5-6-13-10(3)8-11/h5-8,15H,4H2,1-3H3/b9-7+,14-12-. The number of aryl methyl sites for hydroxylation is 1. The smallest absolute Gasteiger partial charge is 0.0822 e. The lowest BCUT2D eigenvalue weighted by Gasteiger charge is -2.02. The van der Waals surface area contributed by atoms with E-state index >= 15 is 0 Å². The zero-order valence-electron chi connectivity index (χ0n) is 9.36. The lowest BCUT2D eigenvalue weighted by Crippen LogP contribution is -1.97. The van der Waals surface area contributed by atoms with E-state index in [4.69, 9.17) is 5.21 Å². The van der Waals surface area contributed by atoms with Gasteiger partial charge in [-0.05, 0) is 49.6 Å². The Kier molecular flexibility index (Phi) is 4.03. The SMILES string of the molecule is CCC(=N/O)/C(C)=C/c1ccnc(C)c1. The molecular weight excluding hydrogens is 188 g/mol. The van der Waals surface area contributed by atoms with E-state index in [0.717, 1.165) is 23.3 Å². The molecule has 0 unspecified atom stereocenters. The minimum Gasteiger partial charge on any atom is -0.411 e. The fraction of sp³-hybridized carbons (Fsp3) is 0.333. The third-order valence-electron chi connectivity index (χ3n) is 2.21. The van der Waals surface area contributed by atoms with Gasteiger partial charge in [0.2, 0.25) is 0 Å². The van der Waals surface area contributed by atoms with Crippen LogP contribution in [-0.2, 0) is 0 Å². The number of hydrogen-bond acceptors (Lipinski definition) is 3. The second-order valence-corrected chi connectivity index (χ2v) is 3.46. The third-order valence-corrected chi connectivity index (χ3v) is 2.21. The van der Waals surface area contributed by atoms with E-state index in [2.05, 4.69) is 10.1 Å². The minimum atomic E-state index is 0.712. The van der Waals surface area contributed by atoms with E-state index in [-0.39, 0.29) is 0 Å². The van der Waals surface area contributed by atoms with Gasteiger partial charge in [-0.25, -0.2) is 0 Å². The van der Waals surface area contributed by atoms with Crippen molar-refractivity contribution in [2.45, 2.75) is 27.2 Å². The summed E-state index contributed by atoms with van der Waals surface area (Å²) in [6.07, 6.45) is 4.49. The van der Waals surface area contributed by atoms with Crippen molar-refractivity contribution in [2.75, 3.05) is 0 Å². The number of pyridine rings is 1. The van der Waals surface area contributed by atoms with Gasteiger partial charge in [0.15, 0.2) is 0 Å². The molecule has 0 atom stereocenters. The number of nitrogens with zero attached hydrogens (tertiary/aromatic N) is 2. The van der Waals surface area contributed by atoms with Crippen molar-refractivity contribution in [3.05, 3.63) is 35.2 Å². The van der Waals surface area contributed by atoms with Crippen LogP contribution in [0.5, 0.6) is 0 Å². The van der Waals surface area contributed by atoms with Gasteiger partial charge in [0.1, 0.15) is 0 Å². The van der Waals surface area contributed by atoms with Gasteiger partial charge in [-0.3, -0.25) is 4.98 Å². The Balaban J connectivity index is 2.97. The Bertz CT molecular complexity index is 394. The molecule has 0 aromatic carbocycles. The molecule has 0 aliphatic heterocycles. The summed E-state index contributed by atoms with van der Waals surface area (Å²) in [6, 6.07) is 3.93. The summed E-state index contributed by atoms with van der Waals surface area (Å²) in [7, 11) is 0. The van der Waals surface area contributed by atoms with Crippen LogP contribution in [0.15, 0.2) is 29.1 Å². The van der Waals surface area contributed by atoms with E-state index in [1.54, 1.807) is 6.20 Å². The molecule has 1 rings (SSSR count). The molecular formula is C12H16N2O. The summed E-state index contributed by atoms with van der Waals surface area (Å²) in [5.74, 6) is 0. The van der Waals surface area contributed by atoms with Gasteiger partial charge in [0.05, 0.1) is 5.71 Å². The van der Waals surface area contributed by atoms with E-state index in [0.29, 0.717) is 5.71 Å². The normalized spacial score (nSPS) is 13.0. The average Bonchev–Trinajstić information content (AvgIpc) is 2.19. The fourth-order valence-corrected chi connectivity index (χ4v) is 1.42. The van der Waals surface area contributed by atoms with Crippen LogP contribution in [0.1, 0.15) is 31.5 Å². The summed E-state index contributed by atoms with van der Waals surface area (Å²) in [5.41, 5.74) is 3.75. The summed E-state index contributed by atoms with van der Waals surface area (Å²) in [6.45, 7) is 5.85. The number of hydrogen-bond donors (Lipinski definition) is 1. The second-order valence-electron chi connectivity index (χ2n) is 3.46. The molecule has 0 fully saturated rings. The fourth-order valence-electron chi connectivity index (χ4n) is 1.42. The summed E-state index contributed by atoms with van der Waals surface area (Å²) in [5, 5.41) is 12.0. The average molecular weight is 204 g/mol. The van der Waals surface area contributed by atoms with E-state index in [1.165, 1.54) is 0 Å². The molecule has 3 nitrogen and oxygen atoms in total. The van der Waals surface area contributed by atoms with Crippen LogP contribution < -0.4 is 0 Å². The van der Waals surface area contributed by atoms with Crippen LogP contribution in [0.4, 0.5) is 0 Å². The lowest BCUT2D eigenvalue weighted by atomic mass is 10.1. The van der Waals surface area contributed by atoms with Gasteiger partial charge >= 0.3 is 0 Å². The molecule has 0 saturated carbocycles. The van der Waals surface area contributed by atoms with Gasteiger partial charge in [-0.15, -0.1) is 0 Å². The maximum absolute atomic E-state index is 8.76. The first kappa shape index (κ1) is 11.4. The highest BCUT2D eigenvalue weighted by molar-refractivity contribution is 6.02. The van der Waals surface area contributed by atoms with Gasteiger partial charge < -0.3 is 5.21 Å². The lowest BCUT2D eigenvalue weighted by molar-refractivity contribution is 0.318. The third kappa shape index (κ3) is 3.20. The van der Waals surface area contributed by atoms with E-state index in [9.17, 15) is 0 Å². The van der Waals surface area contributed by atoms with Crippen LogP contribution in [-0.4, -0.2) is 15.9 Å². The van der Waals surface area contributed by atoms with Gasteiger partial charge in [0, 0.05) is 11.9 Å². The Morgan fingerprint density at radius 3 is 2.87 bits per heavy atom. The Morgan fingerprint density at radius 2 is 2.33 bits per heavy atom. The number of allylic oxidation sites excluding steroid dienone is 1. The molecule has 1 aromatic heterocycles.